The Balaban J connectivity index is 1.61. The second-order valence-electron chi connectivity index (χ2n) is 6.99. The molecule has 3 aliphatic rings. The van der Waals surface area contributed by atoms with E-state index in [-0.39, 0.29) is 0 Å². The molecule has 2 nitrogen and oxygen atoms in total. The third-order valence-electron chi connectivity index (χ3n) is 6.15. The lowest BCUT2D eigenvalue weighted by Gasteiger charge is -2.23. The Kier molecular flexibility index (Phi) is 3.54. The molecular weight excluding hydrogens is 326 g/mol. The van der Waals surface area contributed by atoms with Crippen molar-refractivity contribution in [1.29, 1.82) is 0 Å². The molecule has 0 saturated heterocycles. The molecule has 5 unspecified atom stereocenters. The number of fused-ring (bicyclic) bond motifs is 5. The van der Waals surface area contributed by atoms with Crippen molar-refractivity contribution in [1.82, 2.24) is 5.32 Å². The third-order valence-corrected chi connectivity index (χ3v) is 6.83. The fourth-order valence-electron chi connectivity index (χ4n) is 5.40. The normalized spacial score (nSPS) is 37.4. The van der Waals surface area contributed by atoms with Crippen LogP contribution in [0.15, 0.2) is 22.7 Å². The molecule has 1 aromatic carbocycles. The van der Waals surface area contributed by atoms with Gasteiger partial charge < -0.3 is 10.1 Å². The average Bonchev–Trinajstić information content (AvgIpc) is 2.90. The highest BCUT2D eigenvalue weighted by molar-refractivity contribution is 9.10. The summed E-state index contributed by atoms with van der Waals surface area (Å²) in [4.78, 5) is 0. The number of nitrogens with one attached hydrogen (secondary N) is 1. The molecule has 3 fully saturated rings. The van der Waals surface area contributed by atoms with Gasteiger partial charge in [-0.3, -0.25) is 0 Å². The third kappa shape index (κ3) is 2.16. The van der Waals surface area contributed by atoms with Crippen molar-refractivity contribution in [3.8, 4) is 5.75 Å². The quantitative estimate of drug-likeness (QED) is 0.850. The standard InChI is InChI=1S/C18H24BrNO/c1-3-20-18(13-7-6-12(21-2)9-14(13)19)17-15-10-4-5-11(8-10)16(15)17/h6-7,9-11,15-18,20H,3-5,8H2,1-2H3. The van der Waals surface area contributed by atoms with Gasteiger partial charge in [0.15, 0.2) is 0 Å². The van der Waals surface area contributed by atoms with E-state index in [1.165, 1.54) is 29.3 Å². The predicted molar refractivity (Wildman–Crippen MR) is 88.4 cm³/mol. The van der Waals surface area contributed by atoms with E-state index in [1.807, 2.05) is 0 Å². The van der Waals surface area contributed by atoms with Crippen LogP contribution in [0, 0.1) is 29.6 Å². The Morgan fingerprint density at radius 1 is 1.29 bits per heavy atom. The fourth-order valence-corrected chi connectivity index (χ4v) is 6.00. The van der Waals surface area contributed by atoms with Crippen LogP contribution in [-0.2, 0) is 0 Å². The first-order chi connectivity index (χ1) is 10.2. The Morgan fingerprint density at radius 2 is 2.00 bits per heavy atom. The monoisotopic (exact) mass is 349 g/mol. The molecule has 0 aromatic heterocycles. The highest BCUT2D eigenvalue weighted by Crippen LogP contribution is 2.72. The largest absolute Gasteiger partial charge is 0.497 e. The minimum Gasteiger partial charge on any atom is -0.497 e. The summed E-state index contributed by atoms with van der Waals surface area (Å²) in [5.41, 5.74) is 1.41. The second kappa shape index (κ2) is 5.27. The van der Waals surface area contributed by atoms with Crippen LogP contribution in [0.25, 0.3) is 0 Å². The molecule has 5 atom stereocenters. The summed E-state index contributed by atoms with van der Waals surface area (Å²) in [6.45, 7) is 3.26. The van der Waals surface area contributed by atoms with Gasteiger partial charge in [0.2, 0.25) is 0 Å². The summed E-state index contributed by atoms with van der Waals surface area (Å²) < 4.78 is 6.52. The van der Waals surface area contributed by atoms with Crippen LogP contribution in [-0.4, -0.2) is 13.7 Å². The van der Waals surface area contributed by atoms with Crippen molar-refractivity contribution in [3.05, 3.63) is 28.2 Å². The van der Waals surface area contributed by atoms with Crippen LogP contribution in [0.2, 0.25) is 0 Å². The van der Waals surface area contributed by atoms with E-state index in [2.05, 4.69) is 46.4 Å². The van der Waals surface area contributed by atoms with Gasteiger partial charge in [-0.05, 0) is 73.1 Å². The Bertz CT molecular complexity index is 530. The Labute approximate surface area is 135 Å². The predicted octanol–water partition coefficient (Wildman–Crippen LogP) is 4.40. The number of hydrogen-bond acceptors (Lipinski definition) is 2. The zero-order chi connectivity index (χ0) is 14.6. The molecule has 3 heteroatoms. The summed E-state index contributed by atoms with van der Waals surface area (Å²) in [6, 6.07) is 6.95. The molecule has 0 aliphatic heterocycles. The number of hydrogen-bond donors (Lipinski definition) is 1. The lowest BCUT2D eigenvalue weighted by Crippen LogP contribution is -2.25. The summed E-state index contributed by atoms with van der Waals surface area (Å²) in [5.74, 6) is 5.85. The molecule has 1 N–H and O–H groups in total. The van der Waals surface area contributed by atoms with E-state index in [4.69, 9.17) is 4.74 Å². The van der Waals surface area contributed by atoms with E-state index in [0.717, 1.165) is 41.9 Å². The lowest BCUT2D eigenvalue weighted by atomic mass is 9.93. The summed E-state index contributed by atoms with van der Waals surface area (Å²) in [7, 11) is 1.73. The number of rotatable bonds is 5. The zero-order valence-electron chi connectivity index (χ0n) is 12.8. The van der Waals surface area contributed by atoms with Crippen LogP contribution in [0.5, 0.6) is 5.75 Å². The smallest absolute Gasteiger partial charge is 0.120 e. The lowest BCUT2D eigenvalue weighted by molar-refractivity contribution is 0.373. The molecule has 3 aliphatic carbocycles. The molecule has 1 aromatic rings. The fraction of sp³-hybridized carbons (Fsp3) is 0.667. The maximum atomic E-state index is 5.33. The van der Waals surface area contributed by atoms with Crippen LogP contribution in [0.1, 0.15) is 37.8 Å². The summed E-state index contributed by atoms with van der Waals surface area (Å²) >= 11 is 3.76. The zero-order valence-corrected chi connectivity index (χ0v) is 14.4. The van der Waals surface area contributed by atoms with Gasteiger partial charge in [0, 0.05) is 10.5 Å². The SMILES string of the molecule is CCNC(c1ccc(OC)cc1Br)C1C2C3CCC(C3)C21. The highest BCUT2D eigenvalue weighted by Gasteiger charge is 2.66. The molecule has 4 rings (SSSR count). The van der Waals surface area contributed by atoms with Gasteiger partial charge in [0.25, 0.3) is 0 Å². The number of benzene rings is 1. The maximum Gasteiger partial charge on any atom is 0.120 e. The molecule has 114 valence electrons. The van der Waals surface area contributed by atoms with Crippen molar-refractivity contribution >= 4 is 15.9 Å². The first-order valence-electron chi connectivity index (χ1n) is 8.31. The average molecular weight is 350 g/mol. The number of halogens is 1. The maximum absolute atomic E-state index is 5.33. The van der Waals surface area contributed by atoms with Crippen molar-refractivity contribution in [2.24, 2.45) is 29.6 Å². The molecule has 0 radical (unpaired) electrons. The molecule has 0 heterocycles. The number of methoxy groups -OCH3 is 1. The van der Waals surface area contributed by atoms with Crippen molar-refractivity contribution in [3.63, 3.8) is 0 Å². The number of ether oxygens (including phenoxy) is 1. The highest BCUT2D eigenvalue weighted by atomic mass is 79.9. The molecule has 21 heavy (non-hydrogen) atoms. The first kappa shape index (κ1) is 14.1. The summed E-state index contributed by atoms with van der Waals surface area (Å²) in [5, 5.41) is 3.77. The molecule has 2 bridgehead atoms. The van der Waals surface area contributed by atoms with Gasteiger partial charge in [-0.2, -0.15) is 0 Å². The van der Waals surface area contributed by atoms with Crippen LogP contribution >= 0.6 is 15.9 Å². The Hall–Kier alpha value is -0.540. The van der Waals surface area contributed by atoms with E-state index in [1.54, 1.807) is 7.11 Å². The van der Waals surface area contributed by atoms with E-state index >= 15 is 0 Å². The molecule has 3 saturated carbocycles. The van der Waals surface area contributed by atoms with Gasteiger partial charge >= 0.3 is 0 Å². The summed E-state index contributed by atoms with van der Waals surface area (Å²) in [6.07, 6.45) is 4.50. The van der Waals surface area contributed by atoms with E-state index < -0.39 is 0 Å². The van der Waals surface area contributed by atoms with Crippen molar-refractivity contribution in [2.75, 3.05) is 13.7 Å². The molecular formula is C18H24BrNO. The second-order valence-corrected chi connectivity index (χ2v) is 7.84. The minimum atomic E-state index is 0.508. The minimum absolute atomic E-state index is 0.508. The van der Waals surface area contributed by atoms with Gasteiger partial charge in [-0.1, -0.05) is 28.9 Å². The Morgan fingerprint density at radius 3 is 2.57 bits per heavy atom. The van der Waals surface area contributed by atoms with Gasteiger partial charge in [-0.15, -0.1) is 0 Å². The van der Waals surface area contributed by atoms with Crippen molar-refractivity contribution < 1.29 is 4.74 Å². The first-order valence-corrected chi connectivity index (χ1v) is 9.10. The topological polar surface area (TPSA) is 21.3 Å². The van der Waals surface area contributed by atoms with Crippen molar-refractivity contribution in [2.45, 2.75) is 32.2 Å². The van der Waals surface area contributed by atoms with Gasteiger partial charge in [-0.25, -0.2) is 0 Å². The van der Waals surface area contributed by atoms with Gasteiger partial charge in [0.1, 0.15) is 5.75 Å². The van der Waals surface area contributed by atoms with E-state index in [0.29, 0.717) is 6.04 Å². The molecule has 0 amide bonds. The van der Waals surface area contributed by atoms with Crippen LogP contribution < -0.4 is 10.1 Å². The molecule has 0 spiro atoms. The van der Waals surface area contributed by atoms with Crippen LogP contribution in [0.3, 0.4) is 0 Å². The van der Waals surface area contributed by atoms with E-state index in [9.17, 15) is 0 Å². The van der Waals surface area contributed by atoms with Gasteiger partial charge in [0.05, 0.1) is 7.11 Å². The van der Waals surface area contributed by atoms with Crippen LogP contribution in [0.4, 0.5) is 0 Å².